The number of ether oxygens (including phenoxy) is 2. The zero-order chi connectivity index (χ0) is 15.3. The average Bonchev–Trinajstić information content (AvgIpc) is 2.37. The summed E-state index contributed by atoms with van der Waals surface area (Å²) in [5.41, 5.74) is 0.780. The largest absolute Gasteiger partial charge is 0.464 e. The summed E-state index contributed by atoms with van der Waals surface area (Å²) < 4.78 is 33.6. The molecule has 9 heteroatoms. The molecule has 2 atom stereocenters. The van der Waals surface area contributed by atoms with E-state index in [1.807, 2.05) is 0 Å². The molecule has 0 saturated carbocycles. The van der Waals surface area contributed by atoms with Crippen LogP contribution in [0.4, 0.5) is 0 Å². The Hall–Kier alpha value is -1.06. The van der Waals surface area contributed by atoms with Gasteiger partial charge in [-0.1, -0.05) is 0 Å². The van der Waals surface area contributed by atoms with Crippen LogP contribution in [0.1, 0.15) is 6.92 Å². The zero-order valence-electron chi connectivity index (χ0n) is 11.5. The molecule has 20 heavy (non-hydrogen) atoms. The third-order valence-corrected chi connectivity index (χ3v) is 6.69. The van der Waals surface area contributed by atoms with Gasteiger partial charge in [-0.15, -0.1) is 11.8 Å². The predicted octanol–water partition coefficient (Wildman–Crippen LogP) is -0.264. The summed E-state index contributed by atoms with van der Waals surface area (Å²) in [5.74, 6) is -0.974. The molecule has 0 N–H and O–H groups in total. The molecule has 1 amide bonds. The van der Waals surface area contributed by atoms with Crippen molar-refractivity contribution in [3.8, 4) is 0 Å². The number of thioether (sulfide) groups is 1. The fourth-order valence-corrected chi connectivity index (χ4v) is 5.65. The minimum absolute atomic E-state index is 0.109. The molecule has 1 saturated heterocycles. The van der Waals surface area contributed by atoms with Gasteiger partial charge in [0.05, 0.1) is 7.11 Å². The van der Waals surface area contributed by atoms with E-state index in [4.69, 9.17) is 4.74 Å². The van der Waals surface area contributed by atoms with Crippen LogP contribution in [0.2, 0.25) is 0 Å². The molecule has 2 aliphatic rings. The molecule has 0 aromatic carbocycles. The number of sulfone groups is 1. The van der Waals surface area contributed by atoms with E-state index in [2.05, 4.69) is 4.74 Å². The lowest BCUT2D eigenvalue weighted by Crippen LogP contribution is -2.77. The highest BCUT2D eigenvalue weighted by Crippen LogP contribution is 2.50. The van der Waals surface area contributed by atoms with E-state index in [9.17, 15) is 18.0 Å². The SMILES string of the molecule is COC(=O)C1=C(C)CS[C@@H]2N1C(=O)[C@@]2(OC)S(C)(=O)=O. The number of carbonyl (C=O) groups is 2. The fraction of sp³-hybridized carbons (Fsp3) is 0.636. The lowest BCUT2D eigenvalue weighted by atomic mass is 10.1. The number of methoxy groups -OCH3 is 2. The van der Waals surface area contributed by atoms with E-state index < -0.39 is 32.0 Å². The molecule has 112 valence electrons. The second-order valence-corrected chi connectivity index (χ2v) is 7.82. The van der Waals surface area contributed by atoms with Gasteiger partial charge in [0.1, 0.15) is 11.1 Å². The summed E-state index contributed by atoms with van der Waals surface area (Å²) in [6.07, 6.45) is 0.954. The molecular weight excluding hydrogens is 306 g/mol. The summed E-state index contributed by atoms with van der Waals surface area (Å²) in [4.78, 5) is 23.4. The first-order valence-electron chi connectivity index (χ1n) is 5.70. The van der Waals surface area contributed by atoms with Crippen LogP contribution < -0.4 is 0 Å². The molecule has 1 fully saturated rings. The van der Waals surface area contributed by atoms with Crippen LogP contribution in [0.25, 0.3) is 0 Å². The molecule has 0 radical (unpaired) electrons. The normalized spacial score (nSPS) is 29.9. The first kappa shape index (κ1) is 15.3. The number of carbonyl (C=O) groups excluding carboxylic acids is 2. The lowest BCUT2D eigenvalue weighted by molar-refractivity contribution is -0.169. The average molecular weight is 321 g/mol. The van der Waals surface area contributed by atoms with E-state index in [-0.39, 0.29) is 5.70 Å². The van der Waals surface area contributed by atoms with Gasteiger partial charge in [0, 0.05) is 19.1 Å². The molecule has 0 spiro atoms. The number of nitrogens with zero attached hydrogens (tertiary/aromatic N) is 1. The number of hydrogen-bond acceptors (Lipinski definition) is 7. The van der Waals surface area contributed by atoms with Crippen molar-refractivity contribution in [1.29, 1.82) is 0 Å². The van der Waals surface area contributed by atoms with E-state index in [0.717, 1.165) is 11.2 Å². The number of fused-ring (bicyclic) bond motifs is 1. The Bertz CT molecular complexity index is 610. The van der Waals surface area contributed by atoms with Crippen LogP contribution >= 0.6 is 11.8 Å². The maximum Gasteiger partial charge on any atom is 0.354 e. The van der Waals surface area contributed by atoms with E-state index in [0.29, 0.717) is 11.3 Å². The maximum atomic E-state index is 12.3. The Morgan fingerprint density at radius 1 is 1.45 bits per heavy atom. The summed E-state index contributed by atoms with van der Waals surface area (Å²) in [6, 6.07) is 0. The maximum absolute atomic E-state index is 12.3. The molecule has 2 heterocycles. The van der Waals surface area contributed by atoms with Gasteiger partial charge in [0.15, 0.2) is 9.84 Å². The van der Waals surface area contributed by atoms with Crippen molar-refractivity contribution >= 4 is 33.5 Å². The third kappa shape index (κ3) is 1.73. The van der Waals surface area contributed by atoms with Gasteiger partial charge in [0.2, 0.25) is 0 Å². The lowest BCUT2D eigenvalue weighted by Gasteiger charge is -2.54. The molecule has 7 nitrogen and oxygen atoms in total. The first-order valence-corrected chi connectivity index (χ1v) is 8.64. The Morgan fingerprint density at radius 2 is 2.05 bits per heavy atom. The van der Waals surface area contributed by atoms with E-state index >= 15 is 0 Å². The Labute approximate surface area is 121 Å². The quantitative estimate of drug-likeness (QED) is 0.522. The second-order valence-electron chi connectivity index (χ2n) is 4.60. The Morgan fingerprint density at radius 3 is 2.50 bits per heavy atom. The van der Waals surface area contributed by atoms with Crippen molar-refractivity contribution in [3.05, 3.63) is 11.3 Å². The van der Waals surface area contributed by atoms with Gasteiger partial charge in [-0.2, -0.15) is 0 Å². The number of β-lactam (4-membered cyclic amide) rings is 1. The highest BCUT2D eigenvalue weighted by atomic mass is 32.2. The van der Waals surface area contributed by atoms with Crippen molar-refractivity contribution < 1.29 is 27.5 Å². The second kappa shape index (κ2) is 4.74. The third-order valence-electron chi connectivity index (χ3n) is 3.41. The number of amides is 1. The smallest absolute Gasteiger partial charge is 0.354 e. The number of rotatable bonds is 3. The van der Waals surface area contributed by atoms with Gasteiger partial charge in [-0.3, -0.25) is 9.69 Å². The molecular formula is C11H15NO6S2. The highest BCUT2D eigenvalue weighted by Gasteiger charge is 2.71. The van der Waals surface area contributed by atoms with Crippen molar-refractivity contribution in [1.82, 2.24) is 4.90 Å². The monoisotopic (exact) mass is 321 g/mol. The first-order chi connectivity index (χ1) is 9.22. The van der Waals surface area contributed by atoms with Crippen molar-refractivity contribution in [2.75, 3.05) is 26.2 Å². The van der Waals surface area contributed by atoms with Gasteiger partial charge in [-0.05, 0) is 12.5 Å². The Balaban J connectivity index is 2.51. The number of hydrogen-bond donors (Lipinski definition) is 0. The van der Waals surface area contributed by atoms with Crippen molar-refractivity contribution in [2.45, 2.75) is 17.2 Å². The van der Waals surface area contributed by atoms with E-state index in [1.54, 1.807) is 6.92 Å². The van der Waals surface area contributed by atoms with Crippen molar-refractivity contribution in [3.63, 3.8) is 0 Å². The van der Waals surface area contributed by atoms with Crippen LogP contribution in [0.5, 0.6) is 0 Å². The summed E-state index contributed by atoms with van der Waals surface area (Å²) in [7, 11) is -1.39. The summed E-state index contributed by atoms with van der Waals surface area (Å²) >= 11 is 1.25. The van der Waals surface area contributed by atoms with Crippen LogP contribution in [-0.4, -0.2) is 61.7 Å². The number of esters is 1. The minimum Gasteiger partial charge on any atom is -0.464 e. The van der Waals surface area contributed by atoms with Crippen LogP contribution in [-0.2, 0) is 28.9 Å². The van der Waals surface area contributed by atoms with E-state index in [1.165, 1.54) is 26.0 Å². The topological polar surface area (TPSA) is 90.0 Å². The molecule has 0 unspecified atom stereocenters. The standard InChI is InChI=1S/C11H15NO6S2/c1-6-5-19-10-11(18-3,20(4,15)16)9(14)12(10)7(6)8(13)17-2/h10H,5H2,1-4H3/t10-,11+/m0/s1. The fourth-order valence-electron chi connectivity index (χ4n) is 2.42. The van der Waals surface area contributed by atoms with Gasteiger partial charge in [0.25, 0.3) is 10.8 Å². The van der Waals surface area contributed by atoms with Gasteiger partial charge >= 0.3 is 5.97 Å². The van der Waals surface area contributed by atoms with Gasteiger partial charge in [-0.25, -0.2) is 13.2 Å². The molecule has 2 rings (SSSR count). The molecule has 0 aliphatic carbocycles. The molecule has 0 aromatic rings. The molecule has 0 aromatic heterocycles. The molecule has 0 bridgehead atoms. The van der Waals surface area contributed by atoms with Crippen LogP contribution in [0.15, 0.2) is 11.3 Å². The predicted molar refractivity (Wildman–Crippen MR) is 72.4 cm³/mol. The zero-order valence-corrected chi connectivity index (χ0v) is 13.1. The van der Waals surface area contributed by atoms with Crippen molar-refractivity contribution in [2.24, 2.45) is 0 Å². The minimum atomic E-state index is -3.78. The summed E-state index contributed by atoms with van der Waals surface area (Å²) in [6.45, 7) is 1.70. The van der Waals surface area contributed by atoms with Crippen LogP contribution in [0, 0.1) is 0 Å². The molecule has 2 aliphatic heterocycles. The Kier molecular flexibility index (Phi) is 3.64. The summed E-state index contributed by atoms with van der Waals surface area (Å²) in [5, 5.41) is -0.771. The van der Waals surface area contributed by atoms with Crippen LogP contribution in [0.3, 0.4) is 0 Å². The van der Waals surface area contributed by atoms with Gasteiger partial charge < -0.3 is 9.47 Å². The highest BCUT2D eigenvalue weighted by molar-refractivity contribution is 8.02.